The summed E-state index contributed by atoms with van der Waals surface area (Å²) in [4.78, 5) is 25.3. The Balaban J connectivity index is 0.000000370. The summed E-state index contributed by atoms with van der Waals surface area (Å²) in [5.41, 5.74) is 1.95. The van der Waals surface area contributed by atoms with Crippen LogP contribution >= 0.6 is 11.6 Å². The fraction of sp³-hybridized carbons (Fsp3) is 0.316. The Hall–Kier alpha value is -2.65. The third kappa shape index (κ3) is 7.03. The van der Waals surface area contributed by atoms with Gasteiger partial charge in [0, 0.05) is 24.0 Å². The minimum atomic E-state index is -5.08. The molecular weight excluding hydrogens is 413 g/mol. The molecule has 2 aromatic rings. The van der Waals surface area contributed by atoms with E-state index in [1.807, 2.05) is 36.4 Å². The number of nitrogens with one attached hydrogen (secondary N) is 1. The van der Waals surface area contributed by atoms with Crippen LogP contribution in [0.3, 0.4) is 0 Å². The van der Waals surface area contributed by atoms with Gasteiger partial charge in [0.2, 0.25) is 5.91 Å². The van der Waals surface area contributed by atoms with Crippen LogP contribution in [0.2, 0.25) is 5.02 Å². The standard InChI is InChI=1S/C17H17ClN2O2.C2HF3O2/c18-14-5-3-12(4-6-14)16(13-7-9-19-10-8-13)20-17(21)15-2-1-11-22-15;3-2(4,5)1(6)7/h3-10,15-16H,1-2,11H2,(H,20,21);(H,6,7). The van der Waals surface area contributed by atoms with Crippen molar-refractivity contribution in [2.45, 2.75) is 31.2 Å². The van der Waals surface area contributed by atoms with Crippen molar-refractivity contribution in [1.29, 1.82) is 0 Å². The second-order valence-electron chi connectivity index (χ2n) is 6.08. The Bertz CT molecular complexity index is 810. The molecule has 10 heteroatoms. The first kappa shape index (κ1) is 22.6. The van der Waals surface area contributed by atoms with E-state index < -0.39 is 12.1 Å². The number of nitrogens with zero attached hydrogens (tertiary/aromatic N) is 1. The Morgan fingerprint density at radius 2 is 1.69 bits per heavy atom. The molecule has 0 bridgehead atoms. The molecule has 2 atom stereocenters. The van der Waals surface area contributed by atoms with Crippen LogP contribution in [0, 0.1) is 0 Å². The monoisotopic (exact) mass is 430 g/mol. The van der Waals surface area contributed by atoms with Crippen LogP contribution in [-0.4, -0.2) is 40.9 Å². The Kier molecular flexibility index (Phi) is 7.98. The van der Waals surface area contributed by atoms with E-state index in [2.05, 4.69) is 10.3 Å². The maximum absolute atomic E-state index is 12.4. The van der Waals surface area contributed by atoms with E-state index in [-0.39, 0.29) is 18.1 Å². The van der Waals surface area contributed by atoms with Gasteiger partial charge in [-0.15, -0.1) is 0 Å². The van der Waals surface area contributed by atoms with Crippen LogP contribution in [0.25, 0.3) is 0 Å². The number of halogens is 4. The molecule has 29 heavy (non-hydrogen) atoms. The van der Waals surface area contributed by atoms with E-state index in [9.17, 15) is 18.0 Å². The number of carboxylic acids is 1. The van der Waals surface area contributed by atoms with Crippen LogP contribution in [0.4, 0.5) is 13.2 Å². The van der Waals surface area contributed by atoms with E-state index in [4.69, 9.17) is 26.2 Å². The SMILES string of the molecule is O=C(NC(c1ccncc1)c1ccc(Cl)cc1)C1CCCO1.O=C(O)C(F)(F)F. The highest BCUT2D eigenvalue weighted by Crippen LogP contribution is 2.24. The van der Waals surface area contributed by atoms with Gasteiger partial charge in [-0.05, 0) is 48.2 Å². The smallest absolute Gasteiger partial charge is 0.475 e. The van der Waals surface area contributed by atoms with Crippen LogP contribution < -0.4 is 5.32 Å². The normalized spacial score (nSPS) is 17.0. The molecule has 0 aliphatic carbocycles. The first-order chi connectivity index (χ1) is 13.7. The quantitative estimate of drug-likeness (QED) is 0.771. The summed E-state index contributed by atoms with van der Waals surface area (Å²) in [6.45, 7) is 0.652. The van der Waals surface area contributed by atoms with Gasteiger partial charge in [0.15, 0.2) is 0 Å². The summed E-state index contributed by atoms with van der Waals surface area (Å²) in [5, 5.41) is 10.9. The summed E-state index contributed by atoms with van der Waals surface area (Å²) in [5.74, 6) is -2.83. The van der Waals surface area contributed by atoms with Gasteiger partial charge in [-0.3, -0.25) is 9.78 Å². The number of benzene rings is 1. The summed E-state index contributed by atoms with van der Waals surface area (Å²) in [7, 11) is 0. The topological polar surface area (TPSA) is 88.5 Å². The van der Waals surface area contributed by atoms with Gasteiger partial charge in [0.1, 0.15) is 6.10 Å². The Labute approximate surface area is 169 Å². The average Bonchev–Trinajstić information content (AvgIpc) is 3.22. The number of hydrogen-bond donors (Lipinski definition) is 2. The number of hydrogen-bond acceptors (Lipinski definition) is 4. The third-order valence-corrected chi connectivity index (χ3v) is 4.25. The first-order valence-corrected chi connectivity index (χ1v) is 8.93. The fourth-order valence-corrected chi connectivity index (χ4v) is 2.72. The lowest BCUT2D eigenvalue weighted by Gasteiger charge is -2.21. The zero-order valence-electron chi connectivity index (χ0n) is 15.0. The molecule has 1 aromatic heterocycles. The van der Waals surface area contributed by atoms with E-state index in [0.29, 0.717) is 11.6 Å². The lowest BCUT2D eigenvalue weighted by molar-refractivity contribution is -0.192. The molecule has 0 spiro atoms. The van der Waals surface area contributed by atoms with Crippen molar-refractivity contribution in [3.63, 3.8) is 0 Å². The molecule has 6 nitrogen and oxygen atoms in total. The molecule has 2 unspecified atom stereocenters. The summed E-state index contributed by atoms with van der Waals surface area (Å²) in [6, 6.07) is 11.0. The highest BCUT2D eigenvalue weighted by molar-refractivity contribution is 6.30. The second kappa shape index (κ2) is 10.2. The van der Waals surface area contributed by atoms with Crippen molar-refractivity contribution in [2.24, 2.45) is 0 Å². The van der Waals surface area contributed by atoms with Gasteiger partial charge in [-0.2, -0.15) is 13.2 Å². The summed E-state index contributed by atoms with van der Waals surface area (Å²) >= 11 is 5.95. The molecule has 1 saturated heterocycles. The molecule has 0 radical (unpaired) electrons. The lowest BCUT2D eigenvalue weighted by atomic mass is 9.99. The molecule has 2 N–H and O–H groups in total. The number of amides is 1. The second-order valence-corrected chi connectivity index (χ2v) is 6.51. The summed E-state index contributed by atoms with van der Waals surface area (Å²) in [6.07, 6.45) is -0.293. The number of aromatic nitrogens is 1. The number of carboxylic acid groups (broad SMARTS) is 1. The largest absolute Gasteiger partial charge is 0.490 e. The molecule has 2 heterocycles. The molecule has 3 rings (SSSR count). The average molecular weight is 431 g/mol. The third-order valence-electron chi connectivity index (χ3n) is 3.99. The van der Waals surface area contributed by atoms with Gasteiger partial charge in [-0.25, -0.2) is 4.79 Å². The van der Waals surface area contributed by atoms with Crippen molar-refractivity contribution in [3.05, 3.63) is 64.9 Å². The number of carbonyl (C=O) groups is 2. The van der Waals surface area contributed by atoms with Gasteiger partial charge < -0.3 is 15.2 Å². The number of rotatable bonds is 4. The number of ether oxygens (including phenoxy) is 1. The number of alkyl halides is 3. The van der Waals surface area contributed by atoms with Gasteiger partial charge >= 0.3 is 12.1 Å². The van der Waals surface area contributed by atoms with E-state index >= 15 is 0 Å². The van der Waals surface area contributed by atoms with E-state index in [0.717, 1.165) is 24.0 Å². The minimum absolute atomic E-state index is 0.0748. The Morgan fingerprint density at radius 1 is 1.14 bits per heavy atom. The molecule has 0 saturated carbocycles. The molecule has 1 fully saturated rings. The molecule has 1 aliphatic heterocycles. The van der Waals surface area contributed by atoms with Crippen molar-refractivity contribution < 1.29 is 32.6 Å². The van der Waals surface area contributed by atoms with Crippen LogP contribution in [0.5, 0.6) is 0 Å². The maximum atomic E-state index is 12.4. The van der Waals surface area contributed by atoms with Crippen LogP contribution in [-0.2, 0) is 14.3 Å². The minimum Gasteiger partial charge on any atom is -0.475 e. The molecule has 1 amide bonds. The highest BCUT2D eigenvalue weighted by atomic mass is 35.5. The number of pyridine rings is 1. The molecule has 1 aliphatic rings. The fourth-order valence-electron chi connectivity index (χ4n) is 2.59. The van der Waals surface area contributed by atoms with Crippen molar-refractivity contribution in [1.82, 2.24) is 10.3 Å². The molecule has 1 aromatic carbocycles. The highest BCUT2D eigenvalue weighted by Gasteiger charge is 2.38. The van der Waals surface area contributed by atoms with Crippen LogP contribution in [0.15, 0.2) is 48.8 Å². The van der Waals surface area contributed by atoms with Crippen molar-refractivity contribution >= 4 is 23.5 Å². The zero-order chi connectivity index (χ0) is 21.4. The molecular formula is C19H18ClF3N2O4. The zero-order valence-corrected chi connectivity index (χ0v) is 15.8. The van der Waals surface area contributed by atoms with Crippen molar-refractivity contribution in [3.8, 4) is 0 Å². The number of carbonyl (C=O) groups excluding carboxylic acids is 1. The predicted molar refractivity (Wildman–Crippen MR) is 98.3 cm³/mol. The number of aliphatic carboxylic acids is 1. The molecule has 156 valence electrons. The van der Waals surface area contributed by atoms with Crippen molar-refractivity contribution in [2.75, 3.05) is 6.61 Å². The maximum Gasteiger partial charge on any atom is 0.490 e. The lowest BCUT2D eigenvalue weighted by Crippen LogP contribution is -2.37. The van der Waals surface area contributed by atoms with Gasteiger partial charge in [-0.1, -0.05) is 23.7 Å². The van der Waals surface area contributed by atoms with E-state index in [1.165, 1.54) is 0 Å². The Morgan fingerprint density at radius 3 is 2.17 bits per heavy atom. The van der Waals surface area contributed by atoms with Gasteiger partial charge in [0.05, 0.1) is 6.04 Å². The predicted octanol–water partition coefficient (Wildman–Crippen LogP) is 3.75. The summed E-state index contributed by atoms with van der Waals surface area (Å²) < 4.78 is 37.2. The van der Waals surface area contributed by atoms with Crippen LogP contribution in [0.1, 0.15) is 30.0 Å². The van der Waals surface area contributed by atoms with Gasteiger partial charge in [0.25, 0.3) is 0 Å². The van der Waals surface area contributed by atoms with E-state index in [1.54, 1.807) is 12.4 Å². The first-order valence-electron chi connectivity index (χ1n) is 8.56.